The van der Waals surface area contributed by atoms with E-state index in [1.807, 2.05) is 26.2 Å². The zero-order valence-electron chi connectivity index (χ0n) is 23.3. The predicted octanol–water partition coefficient (Wildman–Crippen LogP) is 3.04. The number of hydrogen-bond acceptors (Lipinski definition) is 9. The van der Waals surface area contributed by atoms with Crippen LogP contribution in [-0.2, 0) is 9.53 Å². The van der Waals surface area contributed by atoms with Gasteiger partial charge in [0.1, 0.15) is 17.6 Å². The molecule has 210 valence electrons. The summed E-state index contributed by atoms with van der Waals surface area (Å²) < 4.78 is 15.1. The summed E-state index contributed by atoms with van der Waals surface area (Å²) in [4.78, 5) is 20.8. The quantitative estimate of drug-likeness (QED) is 0.402. The Kier molecular flexibility index (Phi) is 6.78. The highest BCUT2D eigenvalue weighted by Gasteiger charge is 2.32. The van der Waals surface area contributed by atoms with E-state index in [2.05, 4.69) is 51.3 Å². The van der Waals surface area contributed by atoms with Gasteiger partial charge in [-0.15, -0.1) is 5.10 Å². The lowest BCUT2D eigenvalue weighted by atomic mass is 10.0. The van der Waals surface area contributed by atoms with Crippen molar-refractivity contribution < 1.29 is 14.3 Å². The Bertz CT molecular complexity index is 1530. The molecule has 0 spiro atoms. The summed E-state index contributed by atoms with van der Waals surface area (Å²) in [5.41, 5.74) is 11.7. The molecule has 40 heavy (non-hydrogen) atoms. The fraction of sp³-hybridized carbons (Fsp3) is 0.464. The Hall–Kier alpha value is -4.19. The second kappa shape index (κ2) is 10.4. The van der Waals surface area contributed by atoms with E-state index >= 15 is 0 Å². The van der Waals surface area contributed by atoms with Crippen LogP contribution in [-0.4, -0.2) is 85.9 Å². The lowest BCUT2D eigenvalue weighted by Crippen LogP contribution is -2.58. The molecule has 12 nitrogen and oxygen atoms in total. The first-order chi connectivity index (χ1) is 19.4. The van der Waals surface area contributed by atoms with Crippen LogP contribution < -0.4 is 15.4 Å². The van der Waals surface area contributed by atoms with Gasteiger partial charge in [0.2, 0.25) is 5.91 Å². The Morgan fingerprint density at radius 1 is 1.07 bits per heavy atom. The first kappa shape index (κ1) is 26.1. The third-order valence-electron chi connectivity index (χ3n) is 8.04. The molecule has 0 aliphatic carbocycles. The number of hydrogen-bond donors (Lipinski definition) is 1. The summed E-state index contributed by atoms with van der Waals surface area (Å²) in [5, 5.41) is 13.3. The Morgan fingerprint density at radius 2 is 1.82 bits per heavy atom. The molecule has 5 heterocycles. The van der Waals surface area contributed by atoms with Crippen LogP contribution in [0.1, 0.15) is 39.7 Å². The molecule has 1 amide bonds. The van der Waals surface area contributed by atoms with Crippen LogP contribution in [0, 0.1) is 0 Å². The topological polar surface area (TPSA) is 129 Å². The van der Waals surface area contributed by atoms with Crippen LogP contribution in [0.2, 0.25) is 0 Å². The number of carbonyl (C=O) groups is 1. The standard InChI is InChI=1S/C28H35N9O3/c1-17-14-34(15-18(2)35(17)19(3)38)22-9-20(10-23(11-22)39-4)25-12-24(27-28(29)30-16-32-37(25)27)26-13-31-33-36(26)21-5-7-40-8-6-21/h9-13,16-18,21H,5-8,14-15H2,1-4H3,(H2,29,30,32)/t17-,18+. The predicted molar refractivity (Wildman–Crippen MR) is 151 cm³/mol. The van der Waals surface area contributed by atoms with Gasteiger partial charge in [-0.1, -0.05) is 5.21 Å². The number of carbonyl (C=O) groups excluding carboxylic acids is 1. The largest absolute Gasteiger partial charge is 0.497 e. The normalized spacial score (nSPS) is 20.3. The zero-order valence-corrected chi connectivity index (χ0v) is 23.3. The monoisotopic (exact) mass is 545 g/mol. The summed E-state index contributed by atoms with van der Waals surface area (Å²) in [6.45, 7) is 8.66. The van der Waals surface area contributed by atoms with E-state index in [-0.39, 0.29) is 24.0 Å². The maximum atomic E-state index is 12.2. The highest BCUT2D eigenvalue weighted by molar-refractivity contribution is 5.91. The lowest BCUT2D eigenvalue weighted by molar-refractivity contribution is -0.133. The number of anilines is 2. The molecule has 12 heteroatoms. The molecule has 4 aromatic rings. The maximum absolute atomic E-state index is 12.2. The lowest BCUT2D eigenvalue weighted by Gasteiger charge is -2.45. The summed E-state index contributed by atoms with van der Waals surface area (Å²) in [6.07, 6.45) is 4.98. The van der Waals surface area contributed by atoms with Gasteiger partial charge in [0.25, 0.3) is 0 Å². The second-order valence-electron chi connectivity index (χ2n) is 10.7. The van der Waals surface area contributed by atoms with Crippen molar-refractivity contribution >= 4 is 22.9 Å². The number of fused-ring (bicyclic) bond motifs is 1. The molecule has 2 aliphatic rings. The number of rotatable bonds is 5. The molecule has 2 atom stereocenters. The minimum absolute atomic E-state index is 0.0853. The minimum atomic E-state index is 0.0853. The molecule has 2 fully saturated rings. The molecule has 2 aliphatic heterocycles. The minimum Gasteiger partial charge on any atom is -0.497 e. The van der Waals surface area contributed by atoms with Crippen molar-refractivity contribution in [3.05, 3.63) is 36.8 Å². The average molecular weight is 546 g/mol. The summed E-state index contributed by atoms with van der Waals surface area (Å²) in [6, 6.07) is 8.62. The molecule has 0 bridgehead atoms. The molecule has 2 N–H and O–H groups in total. The molecule has 1 aromatic carbocycles. The number of benzene rings is 1. The molecular weight excluding hydrogens is 510 g/mol. The van der Waals surface area contributed by atoms with Crippen LogP contribution in [0.5, 0.6) is 5.75 Å². The average Bonchev–Trinajstić information content (AvgIpc) is 3.58. The molecule has 0 radical (unpaired) electrons. The van der Waals surface area contributed by atoms with Gasteiger partial charge < -0.3 is 25.0 Å². The summed E-state index contributed by atoms with van der Waals surface area (Å²) in [7, 11) is 1.67. The third-order valence-corrected chi connectivity index (χ3v) is 8.04. The zero-order chi connectivity index (χ0) is 28.0. The maximum Gasteiger partial charge on any atom is 0.220 e. The number of nitrogens with two attached hydrogens (primary N) is 1. The Morgan fingerprint density at radius 3 is 2.52 bits per heavy atom. The second-order valence-corrected chi connectivity index (χ2v) is 10.7. The van der Waals surface area contributed by atoms with E-state index in [1.165, 1.54) is 6.33 Å². The number of amides is 1. The smallest absolute Gasteiger partial charge is 0.220 e. The van der Waals surface area contributed by atoms with Gasteiger partial charge in [-0.25, -0.2) is 14.2 Å². The van der Waals surface area contributed by atoms with Crippen molar-refractivity contribution in [2.24, 2.45) is 0 Å². The molecular formula is C28H35N9O3. The third kappa shape index (κ3) is 4.51. The van der Waals surface area contributed by atoms with Crippen molar-refractivity contribution in [2.75, 3.05) is 44.0 Å². The number of nitrogens with zero attached hydrogens (tertiary/aromatic N) is 8. The summed E-state index contributed by atoms with van der Waals surface area (Å²) in [5.74, 6) is 1.21. The number of aromatic nitrogens is 6. The van der Waals surface area contributed by atoms with Gasteiger partial charge in [0.05, 0.1) is 30.7 Å². The van der Waals surface area contributed by atoms with E-state index < -0.39 is 0 Å². The van der Waals surface area contributed by atoms with E-state index in [1.54, 1.807) is 20.2 Å². The highest BCUT2D eigenvalue weighted by Crippen LogP contribution is 2.39. The van der Waals surface area contributed by atoms with E-state index in [4.69, 9.17) is 15.2 Å². The molecule has 0 saturated carbocycles. The fourth-order valence-corrected chi connectivity index (χ4v) is 6.29. The van der Waals surface area contributed by atoms with Crippen molar-refractivity contribution in [3.63, 3.8) is 0 Å². The number of methoxy groups -OCH3 is 1. The van der Waals surface area contributed by atoms with E-state index in [0.717, 1.165) is 59.9 Å². The fourth-order valence-electron chi connectivity index (χ4n) is 6.29. The van der Waals surface area contributed by atoms with Gasteiger partial charge in [0.15, 0.2) is 5.82 Å². The number of ether oxygens (including phenoxy) is 2. The van der Waals surface area contributed by atoms with Crippen molar-refractivity contribution in [3.8, 4) is 28.3 Å². The van der Waals surface area contributed by atoms with E-state index in [9.17, 15) is 4.79 Å². The van der Waals surface area contributed by atoms with Crippen LogP contribution in [0.25, 0.3) is 28.0 Å². The van der Waals surface area contributed by atoms with Gasteiger partial charge in [0, 0.05) is 68.2 Å². The highest BCUT2D eigenvalue weighted by atomic mass is 16.5. The molecule has 0 unspecified atom stereocenters. The van der Waals surface area contributed by atoms with Crippen molar-refractivity contribution in [1.29, 1.82) is 0 Å². The van der Waals surface area contributed by atoms with Gasteiger partial charge >= 0.3 is 0 Å². The molecule has 3 aromatic heterocycles. The van der Waals surface area contributed by atoms with E-state index in [0.29, 0.717) is 24.5 Å². The van der Waals surface area contributed by atoms with Gasteiger partial charge in [-0.3, -0.25) is 4.79 Å². The van der Waals surface area contributed by atoms with Crippen molar-refractivity contribution in [1.82, 2.24) is 34.5 Å². The van der Waals surface area contributed by atoms with Crippen LogP contribution in [0.15, 0.2) is 36.8 Å². The molecule has 2 saturated heterocycles. The number of piperazine rings is 1. The SMILES string of the molecule is COc1cc(-c2cc(-c3cnnn3C3CCOCC3)c3c(N)ncnn23)cc(N2C[C@@H](C)N(C(C)=O)[C@@H](C)C2)c1. The van der Waals surface area contributed by atoms with Crippen LogP contribution in [0.4, 0.5) is 11.5 Å². The Balaban J connectivity index is 1.45. The first-order valence-corrected chi connectivity index (χ1v) is 13.7. The van der Waals surface area contributed by atoms with Gasteiger partial charge in [-0.05, 0) is 44.9 Å². The Labute approximate surface area is 232 Å². The summed E-state index contributed by atoms with van der Waals surface area (Å²) >= 11 is 0. The first-order valence-electron chi connectivity index (χ1n) is 13.7. The number of nitrogen functional groups attached to an aromatic ring is 1. The molecule has 6 rings (SSSR count). The van der Waals surface area contributed by atoms with Gasteiger partial charge in [-0.2, -0.15) is 5.10 Å². The van der Waals surface area contributed by atoms with Crippen LogP contribution >= 0.6 is 0 Å². The van der Waals surface area contributed by atoms with Crippen molar-refractivity contribution in [2.45, 2.75) is 51.7 Å². The van der Waals surface area contributed by atoms with Crippen LogP contribution in [0.3, 0.4) is 0 Å².